The number of aromatic nitrogens is 2. The standard InChI is InChI=1S/C10H17N3O3S/c1-16-7-9-2-4-13(5-3-9)17(14,15)10-6-11-8-12-10/h6,8-9H,2-5,7H2,1H3,(H,11,12). The number of imidazole rings is 1. The Hall–Kier alpha value is -0.920. The van der Waals surface area contributed by atoms with Gasteiger partial charge in [0.1, 0.15) is 0 Å². The highest BCUT2D eigenvalue weighted by Gasteiger charge is 2.30. The Labute approximate surface area is 101 Å². The highest BCUT2D eigenvalue weighted by Crippen LogP contribution is 2.22. The van der Waals surface area contributed by atoms with E-state index >= 15 is 0 Å². The van der Waals surface area contributed by atoms with Crippen LogP contribution >= 0.6 is 0 Å². The molecule has 0 aromatic carbocycles. The van der Waals surface area contributed by atoms with Crippen LogP contribution in [0.2, 0.25) is 0 Å². The fourth-order valence-electron chi connectivity index (χ4n) is 2.08. The SMILES string of the molecule is COCC1CCN(S(=O)(=O)c2cnc[nH]2)CC1. The van der Waals surface area contributed by atoms with Gasteiger partial charge in [0.2, 0.25) is 0 Å². The zero-order valence-electron chi connectivity index (χ0n) is 9.80. The Bertz CT molecular complexity index is 435. The summed E-state index contributed by atoms with van der Waals surface area (Å²) in [6.07, 6.45) is 4.42. The Morgan fingerprint density at radius 2 is 2.24 bits per heavy atom. The summed E-state index contributed by atoms with van der Waals surface area (Å²) in [6.45, 7) is 1.81. The second kappa shape index (κ2) is 5.16. The number of H-pyrrole nitrogens is 1. The molecule has 1 aromatic heterocycles. The zero-order valence-corrected chi connectivity index (χ0v) is 10.6. The van der Waals surface area contributed by atoms with Crippen LogP contribution in [-0.4, -0.2) is 49.5 Å². The number of hydrogen-bond acceptors (Lipinski definition) is 4. The third-order valence-corrected chi connectivity index (χ3v) is 4.89. The van der Waals surface area contributed by atoms with E-state index in [0.717, 1.165) is 12.8 Å². The van der Waals surface area contributed by atoms with Crippen molar-refractivity contribution in [1.29, 1.82) is 0 Å². The number of nitrogens with zero attached hydrogens (tertiary/aromatic N) is 2. The van der Waals surface area contributed by atoms with Crippen LogP contribution < -0.4 is 0 Å². The molecule has 0 spiro atoms. The molecular formula is C10H17N3O3S. The Kier molecular flexibility index (Phi) is 3.80. The van der Waals surface area contributed by atoms with Gasteiger partial charge in [-0.1, -0.05) is 0 Å². The van der Waals surface area contributed by atoms with E-state index in [1.807, 2.05) is 0 Å². The monoisotopic (exact) mass is 259 g/mol. The Balaban J connectivity index is 2.01. The van der Waals surface area contributed by atoms with Gasteiger partial charge in [-0.25, -0.2) is 13.4 Å². The summed E-state index contributed by atoms with van der Waals surface area (Å²) in [5, 5.41) is 0.169. The first-order chi connectivity index (χ1) is 8.14. The molecule has 1 fully saturated rings. The first kappa shape index (κ1) is 12.5. The van der Waals surface area contributed by atoms with Crippen LogP contribution in [0.4, 0.5) is 0 Å². The van der Waals surface area contributed by atoms with Crippen LogP contribution in [0, 0.1) is 5.92 Å². The minimum atomic E-state index is -3.38. The second-order valence-electron chi connectivity index (χ2n) is 4.22. The summed E-state index contributed by atoms with van der Waals surface area (Å²) in [4.78, 5) is 6.39. The molecule has 1 aliphatic rings. The van der Waals surface area contributed by atoms with Crippen molar-refractivity contribution in [2.24, 2.45) is 5.92 Å². The quantitative estimate of drug-likeness (QED) is 0.852. The predicted molar refractivity (Wildman–Crippen MR) is 61.9 cm³/mol. The first-order valence-electron chi connectivity index (χ1n) is 5.62. The fraction of sp³-hybridized carbons (Fsp3) is 0.700. The topological polar surface area (TPSA) is 75.3 Å². The molecule has 2 heterocycles. The molecule has 0 bridgehead atoms. The Morgan fingerprint density at radius 3 is 2.76 bits per heavy atom. The van der Waals surface area contributed by atoms with Crippen molar-refractivity contribution < 1.29 is 13.2 Å². The maximum Gasteiger partial charge on any atom is 0.260 e. The number of ether oxygens (including phenoxy) is 1. The lowest BCUT2D eigenvalue weighted by atomic mass is 9.99. The molecule has 1 saturated heterocycles. The van der Waals surface area contributed by atoms with E-state index in [9.17, 15) is 8.42 Å². The lowest BCUT2D eigenvalue weighted by Crippen LogP contribution is -2.39. The molecule has 0 atom stereocenters. The molecule has 0 unspecified atom stereocenters. The normalized spacial score (nSPS) is 19.6. The summed E-state index contributed by atoms with van der Waals surface area (Å²) in [6, 6.07) is 0. The van der Waals surface area contributed by atoms with Gasteiger partial charge < -0.3 is 9.72 Å². The molecule has 0 saturated carbocycles. The number of piperidine rings is 1. The van der Waals surface area contributed by atoms with Gasteiger partial charge in [0.15, 0.2) is 5.03 Å². The molecule has 0 amide bonds. The van der Waals surface area contributed by atoms with Crippen molar-refractivity contribution in [2.45, 2.75) is 17.9 Å². The molecule has 1 N–H and O–H groups in total. The van der Waals surface area contributed by atoms with Crippen LogP contribution in [0.15, 0.2) is 17.6 Å². The van der Waals surface area contributed by atoms with E-state index in [4.69, 9.17) is 4.74 Å². The van der Waals surface area contributed by atoms with Gasteiger partial charge in [-0.05, 0) is 18.8 Å². The molecule has 1 aliphatic heterocycles. The van der Waals surface area contributed by atoms with Crippen molar-refractivity contribution >= 4 is 10.0 Å². The van der Waals surface area contributed by atoms with Crippen LogP contribution in [0.3, 0.4) is 0 Å². The van der Waals surface area contributed by atoms with E-state index in [0.29, 0.717) is 25.6 Å². The highest BCUT2D eigenvalue weighted by molar-refractivity contribution is 7.89. The zero-order chi connectivity index (χ0) is 12.3. The predicted octanol–water partition coefficient (Wildman–Crippen LogP) is 0.457. The van der Waals surface area contributed by atoms with Crippen LogP contribution in [0.25, 0.3) is 0 Å². The third kappa shape index (κ3) is 2.67. The smallest absolute Gasteiger partial charge is 0.260 e. The minimum absolute atomic E-state index is 0.169. The summed E-state index contributed by atoms with van der Waals surface area (Å²) in [7, 11) is -1.71. The van der Waals surface area contributed by atoms with Crippen LogP contribution in [-0.2, 0) is 14.8 Å². The van der Waals surface area contributed by atoms with Gasteiger partial charge in [0, 0.05) is 26.8 Å². The largest absolute Gasteiger partial charge is 0.384 e. The summed E-state index contributed by atoms with van der Waals surface area (Å²) in [5.41, 5.74) is 0. The highest BCUT2D eigenvalue weighted by atomic mass is 32.2. The van der Waals surface area contributed by atoms with Crippen molar-refractivity contribution in [3.05, 3.63) is 12.5 Å². The summed E-state index contributed by atoms with van der Waals surface area (Å²) in [5.74, 6) is 0.466. The molecule has 6 nitrogen and oxygen atoms in total. The average molecular weight is 259 g/mol. The van der Waals surface area contributed by atoms with E-state index in [1.165, 1.54) is 16.8 Å². The van der Waals surface area contributed by atoms with Crippen molar-refractivity contribution in [3.63, 3.8) is 0 Å². The molecule has 96 valence electrons. The lowest BCUT2D eigenvalue weighted by Gasteiger charge is -2.30. The van der Waals surface area contributed by atoms with Gasteiger partial charge in [0.05, 0.1) is 12.5 Å². The van der Waals surface area contributed by atoms with E-state index in [1.54, 1.807) is 7.11 Å². The van der Waals surface area contributed by atoms with Gasteiger partial charge >= 0.3 is 0 Å². The molecular weight excluding hydrogens is 242 g/mol. The third-order valence-electron chi connectivity index (χ3n) is 3.07. The lowest BCUT2D eigenvalue weighted by molar-refractivity contribution is 0.121. The van der Waals surface area contributed by atoms with Crippen molar-refractivity contribution in [2.75, 3.05) is 26.8 Å². The molecule has 7 heteroatoms. The summed E-state index contributed by atoms with van der Waals surface area (Å²) < 4.78 is 30.9. The maximum absolute atomic E-state index is 12.1. The molecule has 0 radical (unpaired) electrons. The number of sulfonamides is 1. The first-order valence-corrected chi connectivity index (χ1v) is 7.06. The van der Waals surface area contributed by atoms with E-state index in [-0.39, 0.29) is 5.03 Å². The molecule has 1 aromatic rings. The fourth-order valence-corrected chi connectivity index (χ4v) is 3.44. The second-order valence-corrected chi connectivity index (χ2v) is 6.13. The van der Waals surface area contributed by atoms with Crippen LogP contribution in [0.5, 0.6) is 0 Å². The number of hydrogen-bond donors (Lipinski definition) is 1. The molecule has 17 heavy (non-hydrogen) atoms. The number of rotatable bonds is 4. The number of aromatic amines is 1. The maximum atomic E-state index is 12.1. The number of nitrogens with one attached hydrogen (secondary N) is 1. The Morgan fingerprint density at radius 1 is 1.53 bits per heavy atom. The number of methoxy groups -OCH3 is 1. The van der Waals surface area contributed by atoms with Gasteiger partial charge in [-0.2, -0.15) is 4.31 Å². The van der Waals surface area contributed by atoms with Crippen molar-refractivity contribution in [1.82, 2.24) is 14.3 Å². The van der Waals surface area contributed by atoms with E-state index in [2.05, 4.69) is 9.97 Å². The van der Waals surface area contributed by atoms with Gasteiger partial charge in [-0.15, -0.1) is 0 Å². The van der Waals surface area contributed by atoms with Gasteiger partial charge in [0.25, 0.3) is 10.0 Å². The minimum Gasteiger partial charge on any atom is -0.384 e. The van der Waals surface area contributed by atoms with Crippen LogP contribution in [0.1, 0.15) is 12.8 Å². The summed E-state index contributed by atoms with van der Waals surface area (Å²) >= 11 is 0. The average Bonchev–Trinajstić information content (AvgIpc) is 2.84. The van der Waals surface area contributed by atoms with Crippen molar-refractivity contribution in [3.8, 4) is 0 Å². The molecule has 2 rings (SSSR count). The van der Waals surface area contributed by atoms with Gasteiger partial charge in [-0.3, -0.25) is 0 Å². The van der Waals surface area contributed by atoms with E-state index < -0.39 is 10.0 Å². The molecule has 0 aliphatic carbocycles.